The Labute approximate surface area is 150 Å². The zero-order valence-electron chi connectivity index (χ0n) is 14.7. The van der Waals surface area contributed by atoms with Crippen LogP contribution in [0.5, 0.6) is 0 Å². The molecule has 1 atom stereocenters. The molecule has 1 aliphatic rings. The molecule has 0 amide bonds. The van der Waals surface area contributed by atoms with Crippen LogP contribution in [0.3, 0.4) is 0 Å². The topological polar surface area (TPSA) is 74.4 Å². The fourth-order valence-electron chi connectivity index (χ4n) is 3.07. The average Bonchev–Trinajstić information content (AvgIpc) is 2.64. The van der Waals surface area contributed by atoms with Gasteiger partial charge in [-0.2, -0.15) is 5.26 Å². The van der Waals surface area contributed by atoms with Gasteiger partial charge in [0, 0.05) is 46.1 Å². The van der Waals surface area contributed by atoms with E-state index in [1.165, 1.54) is 10.6 Å². The molecule has 1 unspecified atom stereocenters. The molecule has 2 heterocycles. The van der Waals surface area contributed by atoms with Crippen LogP contribution in [0.1, 0.15) is 5.56 Å². The normalized spacial score (nSPS) is 17.0. The van der Waals surface area contributed by atoms with Gasteiger partial charge in [0.05, 0.1) is 18.4 Å². The molecule has 3 rings (SSSR count). The molecule has 1 aromatic carbocycles. The van der Waals surface area contributed by atoms with Gasteiger partial charge in [-0.15, -0.1) is 0 Å². The molecule has 0 N–H and O–H groups in total. The third-order valence-electron chi connectivity index (χ3n) is 4.42. The van der Waals surface area contributed by atoms with Crippen molar-refractivity contribution < 1.29 is 9.13 Å². The van der Waals surface area contributed by atoms with Gasteiger partial charge in [-0.3, -0.25) is 4.79 Å². The minimum atomic E-state index is -0.526. The summed E-state index contributed by atoms with van der Waals surface area (Å²) in [4.78, 5) is 20.0. The number of anilines is 2. The van der Waals surface area contributed by atoms with Gasteiger partial charge < -0.3 is 19.1 Å². The predicted molar refractivity (Wildman–Crippen MR) is 95.8 cm³/mol. The summed E-state index contributed by atoms with van der Waals surface area (Å²) in [6.45, 7) is 1.99. The summed E-state index contributed by atoms with van der Waals surface area (Å²) < 4.78 is 21.2. The molecule has 1 aliphatic heterocycles. The Hall–Kier alpha value is -2.92. The fourth-order valence-corrected chi connectivity index (χ4v) is 3.07. The van der Waals surface area contributed by atoms with Crippen LogP contribution in [0, 0.1) is 17.1 Å². The number of aryl methyl sites for hydroxylation is 1. The van der Waals surface area contributed by atoms with E-state index in [1.807, 2.05) is 11.0 Å². The summed E-state index contributed by atoms with van der Waals surface area (Å²) in [5.74, 6) is -0.179. The van der Waals surface area contributed by atoms with E-state index < -0.39 is 5.82 Å². The summed E-state index contributed by atoms with van der Waals surface area (Å²) in [6.07, 6.45) is 2.98. The quantitative estimate of drug-likeness (QED) is 0.817. The van der Waals surface area contributed by atoms with E-state index in [0.29, 0.717) is 37.7 Å². The lowest BCUT2D eigenvalue weighted by Crippen LogP contribution is -2.48. The van der Waals surface area contributed by atoms with Crippen molar-refractivity contribution >= 4 is 11.5 Å². The SMILES string of the molecule is CN(CC1CN(c2cccc(F)c2C#N)CCO1)c1nccn(C)c1=O. The average molecular weight is 357 g/mol. The molecule has 0 bridgehead atoms. The first kappa shape index (κ1) is 17.9. The standard InChI is InChI=1S/C18H20FN5O2/c1-22-7-6-21-17(18(22)25)23(2)11-13-12-24(8-9-26-13)16-5-3-4-15(19)14(16)10-20/h3-7,13H,8-9,11-12H2,1-2H3. The maximum Gasteiger partial charge on any atom is 0.293 e. The number of hydrogen-bond acceptors (Lipinski definition) is 6. The van der Waals surface area contributed by atoms with Crippen molar-refractivity contribution in [2.75, 3.05) is 43.1 Å². The summed E-state index contributed by atoms with van der Waals surface area (Å²) in [6, 6.07) is 6.55. The minimum absolute atomic E-state index is 0.0418. The highest BCUT2D eigenvalue weighted by molar-refractivity contribution is 5.60. The lowest BCUT2D eigenvalue weighted by atomic mass is 10.1. The smallest absolute Gasteiger partial charge is 0.293 e. The Kier molecular flexibility index (Phi) is 5.19. The lowest BCUT2D eigenvalue weighted by molar-refractivity contribution is 0.0457. The molecule has 7 nitrogen and oxygen atoms in total. The van der Waals surface area contributed by atoms with E-state index in [2.05, 4.69) is 4.98 Å². The van der Waals surface area contributed by atoms with Crippen LogP contribution in [0.15, 0.2) is 35.4 Å². The Bertz CT molecular complexity index is 892. The molecular weight excluding hydrogens is 337 g/mol. The number of hydrogen-bond donors (Lipinski definition) is 0. The minimum Gasteiger partial charge on any atom is -0.373 e. The number of morpholine rings is 1. The maximum atomic E-state index is 13.9. The van der Waals surface area contributed by atoms with E-state index in [1.54, 1.807) is 43.5 Å². The van der Waals surface area contributed by atoms with Crippen LogP contribution >= 0.6 is 0 Å². The van der Waals surface area contributed by atoms with Crippen molar-refractivity contribution in [1.82, 2.24) is 9.55 Å². The first-order valence-electron chi connectivity index (χ1n) is 8.29. The molecule has 1 aromatic heterocycles. The highest BCUT2D eigenvalue weighted by Gasteiger charge is 2.25. The highest BCUT2D eigenvalue weighted by atomic mass is 19.1. The second kappa shape index (κ2) is 7.54. The van der Waals surface area contributed by atoms with Crippen molar-refractivity contribution in [2.24, 2.45) is 7.05 Å². The summed E-state index contributed by atoms with van der Waals surface area (Å²) >= 11 is 0. The molecule has 136 valence electrons. The second-order valence-corrected chi connectivity index (χ2v) is 6.23. The molecule has 0 radical (unpaired) electrons. The Morgan fingerprint density at radius 2 is 2.31 bits per heavy atom. The van der Waals surface area contributed by atoms with E-state index in [9.17, 15) is 14.4 Å². The van der Waals surface area contributed by atoms with Gasteiger partial charge in [-0.1, -0.05) is 6.07 Å². The van der Waals surface area contributed by atoms with Gasteiger partial charge in [0.2, 0.25) is 0 Å². The molecular formula is C18H20FN5O2. The predicted octanol–water partition coefficient (Wildman–Crippen LogP) is 1.13. The molecule has 0 spiro atoms. The van der Waals surface area contributed by atoms with Crippen molar-refractivity contribution in [3.63, 3.8) is 0 Å². The van der Waals surface area contributed by atoms with Gasteiger partial charge in [-0.25, -0.2) is 9.37 Å². The van der Waals surface area contributed by atoms with Crippen LogP contribution in [0.4, 0.5) is 15.9 Å². The first-order chi connectivity index (χ1) is 12.5. The number of likely N-dealkylation sites (N-methyl/N-ethyl adjacent to an activating group) is 1. The van der Waals surface area contributed by atoms with E-state index in [4.69, 9.17) is 4.74 Å². The summed E-state index contributed by atoms with van der Waals surface area (Å²) in [5, 5.41) is 9.24. The Morgan fingerprint density at radius 3 is 3.08 bits per heavy atom. The lowest BCUT2D eigenvalue weighted by Gasteiger charge is -2.36. The maximum absolute atomic E-state index is 13.9. The van der Waals surface area contributed by atoms with Crippen LogP contribution in [0.25, 0.3) is 0 Å². The molecule has 1 fully saturated rings. The molecule has 8 heteroatoms. The number of ether oxygens (including phenoxy) is 1. The van der Waals surface area contributed by atoms with Crippen LogP contribution in [-0.2, 0) is 11.8 Å². The van der Waals surface area contributed by atoms with Gasteiger partial charge >= 0.3 is 0 Å². The molecule has 2 aromatic rings. The van der Waals surface area contributed by atoms with Gasteiger partial charge in [0.15, 0.2) is 5.82 Å². The van der Waals surface area contributed by atoms with Gasteiger partial charge in [0.25, 0.3) is 5.56 Å². The van der Waals surface area contributed by atoms with E-state index >= 15 is 0 Å². The third kappa shape index (κ3) is 3.53. The number of rotatable bonds is 4. The van der Waals surface area contributed by atoms with Crippen molar-refractivity contribution in [3.8, 4) is 6.07 Å². The van der Waals surface area contributed by atoms with Crippen molar-refractivity contribution in [3.05, 3.63) is 52.3 Å². The third-order valence-corrected chi connectivity index (χ3v) is 4.42. The monoisotopic (exact) mass is 357 g/mol. The van der Waals surface area contributed by atoms with Crippen molar-refractivity contribution in [1.29, 1.82) is 5.26 Å². The van der Waals surface area contributed by atoms with Gasteiger partial charge in [-0.05, 0) is 12.1 Å². The number of aromatic nitrogens is 2. The highest BCUT2D eigenvalue weighted by Crippen LogP contribution is 2.24. The first-order valence-corrected chi connectivity index (χ1v) is 8.29. The number of nitriles is 1. The fraction of sp³-hybridized carbons (Fsp3) is 0.389. The van der Waals surface area contributed by atoms with E-state index in [0.717, 1.165) is 0 Å². The zero-order chi connectivity index (χ0) is 18.7. The van der Waals surface area contributed by atoms with Crippen LogP contribution < -0.4 is 15.4 Å². The van der Waals surface area contributed by atoms with Crippen LogP contribution in [-0.4, -0.2) is 48.9 Å². The van der Waals surface area contributed by atoms with Crippen LogP contribution in [0.2, 0.25) is 0 Å². The Balaban J connectivity index is 1.75. The summed E-state index contributed by atoms with van der Waals surface area (Å²) in [5.41, 5.74) is 0.428. The molecule has 0 aliphatic carbocycles. The number of nitrogens with zero attached hydrogens (tertiary/aromatic N) is 5. The number of halogens is 1. The number of benzene rings is 1. The molecule has 0 saturated carbocycles. The van der Waals surface area contributed by atoms with E-state index in [-0.39, 0.29) is 17.2 Å². The van der Waals surface area contributed by atoms with Gasteiger partial charge in [0.1, 0.15) is 17.4 Å². The Morgan fingerprint density at radius 1 is 1.50 bits per heavy atom. The molecule has 26 heavy (non-hydrogen) atoms. The largest absolute Gasteiger partial charge is 0.373 e. The zero-order valence-corrected chi connectivity index (χ0v) is 14.7. The van der Waals surface area contributed by atoms with Crippen molar-refractivity contribution in [2.45, 2.75) is 6.10 Å². The summed E-state index contributed by atoms with van der Waals surface area (Å²) in [7, 11) is 3.46. The second-order valence-electron chi connectivity index (χ2n) is 6.23. The molecule has 1 saturated heterocycles.